The van der Waals surface area contributed by atoms with Gasteiger partial charge in [0.2, 0.25) is 0 Å². The van der Waals surface area contributed by atoms with Gasteiger partial charge in [-0.05, 0) is 18.2 Å². The molecule has 1 aromatic rings. The van der Waals surface area contributed by atoms with Crippen molar-refractivity contribution in [3.63, 3.8) is 0 Å². The van der Waals surface area contributed by atoms with Crippen molar-refractivity contribution in [3.05, 3.63) is 48.0 Å². The van der Waals surface area contributed by atoms with E-state index in [-0.39, 0.29) is 0 Å². The third kappa shape index (κ3) is 4.25. The molecule has 0 saturated heterocycles. The number of ether oxygens (including phenoxy) is 1. The number of hydrogen-bond acceptors (Lipinski definition) is 2. The van der Waals surface area contributed by atoms with E-state index in [0.717, 1.165) is 0 Å². The normalized spacial score (nSPS) is 12.7. The molecule has 1 atom stereocenters. The Morgan fingerprint density at radius 1 is 1.47 bits per heavy atom. The average Bonchev–Trinajstić information content (AvgIpc) is 2.27. The molecule has 0 amide bonds. The minimum atomic E-state index is -1.70. The molecule has 1 rings (SSSR count). The fourth-order valence-electron chi connectivity index (χ4n) is 0.942. The number of carbonyl (C=O) groups excluding carboxylic acids is 1. The average molecular weight is 273 g/mol. The Morgan fingerprint density at radius 2 is 2.13 bits per heavy atom. The van der Waals surface area contributed by atoms with Gasteiger partial charge in [0, 0.05) is 5.33 Å². The molecule has 0 fully saturated rings. The summed E-state index contributed by atoms with van der Waals surface area (Å²) in [5, 5.41) is 0.524. The molecular weight excluding hydrogens is 263 g/mol. The van der Waals surface area contributed by atoms with E-state index in [0.29, 0.717) is 10.9 Å². The molecule has 1 aromatic carbocycles. The van der Waals surface area contributed by atoms with Gasteiger partial charge in [-0.15, -0.1) is 0 Å². The van der Waals surface area contributed by atoms with Crippen LogP contribution in [0.5, 0.6) is 0 Å². The van der Waals surface area contributed by atoms with Gasteiger partial charge in [0.1, 0.15) is 0 Å². The molecule has 0 heterocycles. The lowest BCUT2D eigenvalue weighted by Crippen LogP contribution is -2.11. The molecule has 0 saturated carbocycles. The lowest BCUT2D eigenvalue weighted by atomic mass is 10.2. The first kappa shape index (κ1) is 11.9. The maximum Gasteiger partial charge on any atom is 0.340 e. The summed E-state index contributed by atoms with van der Waals surface area (Å²) in [6.45, 7) is 0. The van der Waals surface area contributed by atoms with Crippen molar-refractivity contribution in [1.82, 2.24) is 0 Å². The van der Waals surface area contributed by atoms with Crippen molar-refractivity contribution >= 4 is 21.9 Å². The first-order chi connectivity index (χ1) is 7.24. The van der Waals surface area contributed by atoms with E-state index >= 15 is 0 Å². The second-order valence-electron chi connectivity index (χ2n) is 2.70. The van der Waals surface area contributed by atoms with Crippen LogP contribution in [-0.4, -0.2) is 17.7 Å². The molecule has 15 heavy (non-hydrogen) atoms. The predicted octanol–water partition coefficient (Wildman–Crippen LogP) is 3.09. The highest BCUT2D eigenvalue weighted by atomic mass is 79.9. The minimum absolute atomic E-state index is 0.340. The molecular formula is C11H10BrFO2. The lowest BCUT2D eigenvalue weighted by molar-refractivity contribution is 0.00632. The van der Waals surface area contributed by atoms with Gasteiger partial charge in [-0.1, -0.05) is 40.2 Å². The molecule has 2 nitrogen and oxygen atoms in total. The molecule has 0 aliphatic carbocycles. The zero-order valence-electron chi connectivity index (χ0n) is 7.90. The summed E-state index contributed by atoms with van der Waals surface area (Å²) >= 11 is 3.10. The van der Waals surface area contributed by atoms with Crippen LogP contribution in [0.3, 0.4) is 0 Å². The number of alkyl halides is 2. The van der Waals surface area contributed by atoms with Crippen LogP contribution in [0, 0.1) is 0 Å². The fourth-order valence-corrected chi connectivity index (χ4v) is 1.16. The molecule has 0 aromatic heterocycles. The fraction of sp³-hybridized carbons (Fsp3) is 0.182. The van der Waals surface area contributed by atoms with E-state index in [9.17, 15) is 9.18 Å². The Kier molecular flexibility index (Phi) is 5.04. The van der Waals surface area contributed by atoms with E-state index < -0.39 is 12.3 Å². The van der Waals surface area contributed by atoms with Gasteiger partial charge in [-0.2, -0.15) is 4.39 Å². The molecule has 1 unspecified atom stereocenters. The standard InChI is InChI=1S/C11H10BrFO2/c12-8-4-7-10(13)15-11(14)9-5-2-1-3-6-9/h1-7,10H,8H2/b7-4+. The van der Waals surface area contributed by atoms with E-state index in [1.165, 1.54) is 12.2 Å². The van der Waals surface area contributed by atoms with Crippen molar-refractivity contribution in [2.24, 2.45) is 0 Å². The maximum atomic E-state index is 13.0. The van der Waals surface area contributed by atoms with Gasteiger partial charge in [-0.25, -0.2) is 4.79 Å². The highest BCUT2D eigenvalue weighted by Gasteiger charge is 2.10. The lowest BCUT2D eigenvalue weighted by Gasteiger charge is -2.05. The topological polar surface area (TPSA) is 26.3 Å². The van der Waals surface area contributed by atoms with Crippen molar-refractivity contribution < 1.29 is 13.9 Å². The Balaban J connectivity index is 2.53. The van der Waals surface area contributed by atoms with Gasteiger partial charge in [0.05, 0.1) is 5.56 Å². The molecule has 0 aliphatic rings. The molecule has 0 aliphatic heterocycles. The van der Waals surface area contributed by atoms with Crippen LogP contribution in [0.15, 0.2) is 42.5 Å². The smallest absolute Gasteiger partial charge is 0.340 e. The van der Waals surface area contributed by atoms with Crippen LogP contribution < -0.4 is 0 Å². The summed E-state index contributed by atoms with van der Waals surface area (Å²) in [6, 6.07) is 8.30. The number of halogens is 2. The third-order valence-electron chi connectivity index (χ3n) is 1.61. The summed E-state index contributed by atoms with van der Waals surface area (Å²) in [4.78, 5) is 11.3. The van der Waals surface area contributed by atoms with Crippen molar-refractivity contribution in [2.45, 2.75) is 6.36 Å². The highest BCUT2D eigenvalue weighted by molar-refractivity contribution is 9.09. The van der Waals surface area contributed by atoms with Crippen LogP contribution in [0.4, 0.5) is 4.39 Å². The van der Waals surface area contributed by atoms with E-state index in [4.69, 9.17) is 0 Å². The zero-order valence-corrected chi connectivity index (χ0v) is 9.48. The largest absolute Gasteiger partial charge is 0.424 e. The number of hydrogen-bond donors (Lipinski definition) is 0. The van der Waals surface area contributed by atoms with Crippen molar-refractivity contribution in [2.75, 3.05) is 5.33 Å². The zero-order chi connectivity index (χ0) is 11.1. The van der Waals surface area contributed by atoms with Gasteiger partial charge in [-0.3, -0.25) is 0 Å². The van der Waals surface area contributed by atoms with Gasteiger partial charge in [0.25, 0.3) is 6.36 Å². The third-order valence-corrected chi connectivity index (χ3v) is 1.98. The number of rotatable bonds is 4. The number of carbonyl (C=O) groups is 1. The minimum Gasteiger partial charge on any atom is -0.424 e. The Morgan fingerprint density at radius 3 is 2.73 bits per heavy atom. The predicted molar refractivity (Wildman–Crippen MR) is 59.7 cm³/mol. The van der Waals surface area contributed by atoms with Crippen molar-refractivity contribution in [3.8, 4) is 0 Å². The first-order valence-corrected chi connectivity index (χ1v) is 5.49. The summed E-state index contributed by atoms with van der Waals surface area (Å²) in [7, 11) is 0. The Labute approximate surface area is 95.9 Å². The van der Waals surface area contributed by atoms with Crippen LogP contribution >= 0.6 is 15.9 Å². The number of benzene rings is 1. The second-order valence-corrected chi connectivity index (χ2v) is 3.35. The van der Waals surface area contributed by atoms with Gasteiger partial charge >= 0.3 is 5.97 Å². The molecule has 0 spiro atoms. The molecule has 0 radical (unpaired) electrons. The Hall–Kier alpha value is -1.16. The highest BCUT2D eigenvalue weighted by Crippen LogP contribution is 2.05. The summed E-state index contributed by atoms with van der Waals surface area (Å²) < 4.78 is 17.5. The van der Waals surface area contributed by atoms with Gasteiger partial charge < -0.3 is 4.74 Å². The molecule has 80 valence electrons. The molecule has 0 bridgehead atoms. The quantitative estimate of drug-likeness (QED) is 0.478. The summed E-state index contributed by atoms with van der Waals surface area (Å²) in [6.07, 6.45) is 1.01. The second kappa shape index (κ2) is 6.35. The monoisotopic (exact) mass is 272 g/mol. The van der Waals surface area contributed by atoms with E-state index in [2.05, 4.69) is 20.7 Å². The molecule has 0 N–H and O–H groups in total. The van der Waals surface area contributed by atoms with Crippen LogP contribution in [0.1, 0.15) is 10.4 Å². The first-order valence-electron chi connectivity index (χ1n) is 4.37. The van der Waals surface area contributed by atoms with Crippen LogP contribution in [0.2, 0.25) is 0 Å². The Bertz CT molecular complexity index is 338. The van der Waals surface area contributed by atoms with E-state index in [1.807, 2.05) is 0 Å². The molecule has 4 heteroatoms. The van der Waals surface area contributed by atoms with Crippen LogP contribution in [0.25, 0.3) is 0 Å². The summed E-state index contributed by atoms with van der Waals surface area (Å²) in [5.41, 5.74) is 0.340. The summed E-state index contributed by atoms with van der Waals surface area (Å²) in [5.74, 6) is -0.665. The number of esters is 1. The number of allylic oxidation sites excluding steroid dienone is 1. The van der Waals surface area contributed by atoms with E-state index in [1.54, 1.807) is 30.3 Å². The maximum absolute atomic E-state index is 13.0. The van der Waals surface area contributed by atoms with Crippen molar-refractivity contribution in [1.29, 1.82) is 0 Å². The SMILES string of the molecule is O=C(OC(F)/C=C/CBr)c1ccccc1. The van der Waals surface area contributed by atoms with Crippen LogP contribution in [-0.2, 0) is 4.74 Å². The van der Waals surface area contributed by atoms with Gasteiger partial charge in [0.15, 0.2) is 0 Å².